The number of halogens is 1. The van der Waals surface area contributed by atoms with Gasteiger partial charge in [-0.15, -0.1) is 0 Å². The van der Waals surface area contributed by atoms with Gasteiger partial charge in [-0.25, -0.2) is 0 Å². The molecule has 0 heterocycles. The van der Waals surface area contributed by atoms with Crippen LogP contribution in [0.5, 0.6) is 11.5 Å². The first-order chi connectivity index (χ1) is 9.72. The summed E-state index contributed by atoms with van der Waals surface area (Å²) >= 11 is 2.17. The van der Waals surface area contributed by atoms with Crippen LogP contribution in [0.1, 0.15) is 55.8 Å². The van der Waals surface area contributed by atoms with Crippen LogP contribution in [0.2, 0.25) is 0 Å². The minimum absolute atomic E-state index is 0.609. The summed E-state index contributed by atoms with van der Waals surface area (Å²) < 4.78 is 12.0. The van der Waals surface area contributed by atoms with Crippen molar-refractivity contribution in [2.24, 2.45) is 0 Å². The quantitative estimate of drug-likeness (QED) is 0.326. The third-order valence-electron chi connectivity index (χ3n) is 3.13. The van der Waals surface area contributed by atoms with Crippen LogP contribution in [0, 0.1) is 3.57 Å². The zero-order valence-electron chi connectivity index (χ0n) is 12.3. The first kappa shape index (κ1) is 17.3. The van der Waals surface area contributed by atoms with Crippen molar-refractivity contribution in [1.29, 1.82) is 0 Å². The van der Waals surface area contributed by atoms with Crippen molar-refractivity contribution in [3.8, 4) is 11.5 Å². The van der Waals surface area contributed by atoms with E-state index in [1.807, 2.05) is 6.07 Å². The Hall–Kier alpha value is -0.780. The van der Waals surface area contributed by atoms with E-state index < -0.39 is 0 Å². The van der Waals surface area contributed by atoms with Gasteiger partial charge in [-0.05, 0) is 41.1 Å². The maximum absolute atomic E-state index is 10.8. The molecule has 1 aromatic rings. The van der Waals surface area contributed by atoms with Crippen LogP contribution in [0.15, 0.2) is 12.1 Å². The molecular formula is C16H23IO3. The Balaban J connectivity index is 2.45. The number of benzene rings is 1. The summed E-state index contributed by atoms with van der Waals surface area (Å²) in [5.41, 5.74) is 0.609. The van der Waals surface area contributed by atoms with E-state index in [-0.39, 0.29) is 0 Å². The van der Waals surface area contributed by atoms with E-state index in [1.54, 1.807) is 13.2 Å². The van der Waals surface area contributed by atoms with Crippen LogP contribution in [-0.4, -0.2) is 20.0 Å². The highest BCUT2D eigenvalue weighted by atomic mass is 127. The maximum Gasteiger partial charge on any atom is 0.174 e. The van der Waals surface area contributed by atoms with E-state index in [9.17, 15) is 4.79 Å². The van der Waals surface area contributed by atoms with Crippen molar-refractivity contribution >= 4 is 28.9 Å². The molecule has 1 aromatic carbocycles. The summed E-state index contributed by atoms with van der Waals surface area (Å²) in [5, 5.41) is 0. The third kappa shape index (κ3) is 5.69. The van der Waals surface area contributed by atoms with Crippen LogP contribution < -0.4 is 9.47 Å². The molecule has 0 bridgehead atoms. The van der Waals surface area contributed by atoms with E-state index in [2.05, 4.69) is 29.5 Å². The zero-order valence-corrected chi connectivity index (χ0v) is 14.4. The topological polar surface area (TPSA) is 35.5 Å². The van der Waals surface area contributed by atoms with Crippen molar-refractivity contribution in [3.05, 3.63) is 21.3 Å². The lowest BCUT2D eigenvalue weighted by molar-refractivity contribution is 0.112. The van der Waals surface area contributed by atoms with Gasteiger partial charge in [-0.1, -0.05) is 39.0 Å². The molecule has 0 aliphatic rings. The number of ether oxygens (including phenoxy) is 2. The lowest BCUT2D eigenvalue weighted by Gasteiger charge is -2.13. The minimum atomic E-state index is 0.609. The van der Waals surface area contributed by atoms with Gasteiger partial charge in [0.25, 0.3) is 0 Å². The SMILES string of the molecule is CCCCCCCCOc1c(I)cc(C=O)cc1OC. The largest absolute Gasteiger partial charge is 0.493 e. The molecule has 1 rings (SSSR count). The molecule has 0 atom stereocenters. The zero-order chi connectivity index (χ0) is 14.8. The second-order valence-electron chi connectivity index (χ2n) is 4.77. The predicted molar refractivity (Wildman–Crippen MR) is 90.0 cm³/mol. The molecule has 0 amide bonds. The molecule has 0 radical (unpaired) electrons. The first-order valence-electron chi connectivity index (χ1n) is 7.18. The second-order valence-corrected chi connectivity index (χ2v) is 5.93. The smallest absolute Gasteiger partial charge is 0.174 e. The summed E-state index contributed by atoms with van der Waals surface area (Å²) in [6.45, 7) is 2.92. The minimum Gasteiger partial charge on any atom is -0.493 e. The van der Waals surface area contributed by atoms with E-state index in [0.717, 1.165) is 22.0 Å². The Morgan fingerprint density at radius 3 is 2.50 bits per heavy atom. The number of unbranched alkanes of at least 4 members (excludes halogenated alkanes) is 5. The van der Waals surface area contributed by atoms with Gasteiger partial charge in [0, 0.05) is 5.56 Å². The number of hydrogen-bond donors (Lipinski definition) is 0. The normalized spacial score (nSPS) is 10.3. The fourth-order valence-electron chi connectivity index (χ4n) is 2.00. The van der Waals surface area contributed by atoms with Crippen molar-refractivity contribution in [1.82, 2.24) is 0 Å². The van der Waals surface area contributed by atoms with Crippen LogP contribution in [0.3, 0.4) is 0 Å². The van der Waals surface area contributed by atoms with Gasteiger partial charge in [0.1, 0.15) is 6.29 Å². The van der Waals surface area contributed by atoms with Crippen LogP contribution in [-0.2, 0) is 0 Å². The Labute approximate surface area is 135 Å². The van der Waals surface area contributed by atoms with Crippen molar-refractivity contribution in [3.63, 3.8) is 0 Å². The van der Waals surface area contributed by atoms with Gasteiger partial charge in [-0.2, -0.15) is 0 Å². The molecule has 20 heavy (non-hydrogen) atoms. The van der Waals surface area contributed by atoms with Gasteiger partial charge in [0.15, 0.2) is 11.5 Å². The molecule has 0 saturated heterocycles. The van der Waals surface area contributed by atoms with E-state index in [4.69, 9.17) is 9.47 Å². The Morgan fingerprint density at radius 1 is 1.15 bits per heavy atom. The lowest BCUT2D eigenvalue weighted by Crippen LogP contribution is -2.02. The highest BCUT2D eigenvalue weighted by Gasteiger charge is 2.11. The van der Waals surface area contributed by atoms with E-state index in [0.29, 0.717) is 17.9 Å². The summed E-state index contributed by atoms with van der Waals surface area (Å²) in [5.74, 6) is 1.37. The number of carbonyl (C=O) groups is 1. The van der Waals surface area contributed by atoms with E-state index >= 15 is 0 Å². The standard InChI is InChI=1S/C16H23IO3/c1-3-4-5-6-7-8-9-20-16-14(17)10-13(12-18)11-15(16)19-2/h10-12H,3-9H2,1-2H3. The van der Waals surface area contributed by atoms with Crippen LogP contribution in [0.25, 0.3) is 0 Å². The molecule has 3 nitrogen and oxygen atoms in total. The lowest BCUT2D eigenvalue weighted by atomic mass is 10.1. The monoisotopic (exact) mass is 390 g/mol. The Kier molecular flexibility index (Phi) is 8.65. The Morgan fingerprint density at radius 2 is 1.85 bits per heavy atom. The van der Waals surface area contributed by atoms with Crippen molar-refractivity contribution in [2.75, 3.05) is 13.7 Å². The van der Waals surface area contributed by atoms with Crippen LogP contribution in [0.4, 0.5) is 0 Å². The van der Waals surface area contributed by atoms with E-state index in [1.165, 1.54) is 32.1 Å². The highest BCUT2D eigenvalue weighted by Crippen LogP contribution is 2.33. The third-order valence-corrected chi connectivity index (χ3v) is 3.93. The maximum atomic E-state index is 10.8. The fraction of sp³-hybridized carbons (Fsp3) is 0.562. The molecule has 0 N–H and O–H groups in total. The van der Waals surface area contributed by atoms with Gasteiger partial charge >= 0.3 is 0 Å². The van der Waals surface area contributed by atoms with Crippen molar-refractivity contribution in [2.45, 2.75) is 45.4 Å². The molecule has 0 aliphatic carbocycles. The summed E-state index contributed by atoms with van der Waals surface area (Å²) in [4.78, 5) is 10.8. The van der Waals surface area contributed by atoms with Crippen molar-refractivity contribution < 1.29 is 14.3 Å². The highest BCUT2D eigenvalue weighted by molar-refractivity contribution is 14.1. The van der Waals surface area contributed by atoms with Gasteiger partial charge in [0.05, 0.1) is 17.3 Å². The number of rotatable bonds is 10. The Bertz CT molecular complexity index is 418. The molecule has 0 fully saturated rings. The van der Waals surface area contributed by atoms with Gasteiger partial charge < -0.3 is 9.47 Å². The summed E-state index contributed by atoms with van der Waals surface area (Å²) in [6, 6.07) is 3.53. The molecule has 0 aliphatic heterocycles. The number of hydrogen-bond acceptors (Lipinski definition) is 3. The average Bonchev–Trinajstić information content (AvgIpc) is 2.47. The number of aldehydes is 1. The molecule has 0 unspecified atom stereocenters. The van der Waals surface area contributed by atoms with Gasteiger partial charge in [-0.3, -0.25) is 4.79 Å². The molecular weight excluding hydrogens is 367 g/mol. The van der Waals surface area contributed by atoms with Crippen LogP contribution >= 0.6 is 22.6 Å². The molecule has 0 spiro atoms. The fourth-order valence-corrected chi connectivity index (χ4v) is 2.79. The van der Waals surface area contributed by atoms with Gasteiger partial charge in [0.2, 0.25) is 0 Å². The number of carbonyl (C=O) groups excluding carboxylic acids is 1. The summed E-state index contributed by atoms with van der Waals surface area (Å²) in [7, 11) is 1.59. The molecule has 0 saturated carbocycles. The number of methoxy groups -OCH3 is 1. The first-order valence-corrected chi connectivity index (χ1v) is 8.26. The summed E-state index contributed by atoms with van der Waals surface area (Å²) in [6.07, 6.45) is 8.25. The molecule has 0 aromatic heterocycles. The molecule has 112 valence electrons. The predicted octanol–water partition coefficient (Wildman–Crippen LogP) is 4.85. The molecule has 4 heteroatoms. The average molecular weight is 390 g/mol. The second kappa shape index (κ2) is 10.0.